The van der Waals surface area contributed by atoms with Crippen LogP contribution in [0.4, 0.5) is 5.00 Å². The third kappa shape index (κ3) is 3.30. The fourth-order valence-corrected chi connectivity index (χ4v) is 3.04. The van der Waals surface area contributed by atoms with Crippen molar-refractivity contribution in [3.8, 4) is 0 Å². The quantitative estimate of drug-likeness (QED) is 0.656. The molecule has 0 fully saturated rings. The van der Waals surface area contributed by atoms with Crippen LogP contribution in [-0.2, 0) is 14.3 Å². The minimum atomic E-state index is -0.987. The zero-order chi connectivity index (χ0) is 15.4. The highest BCUT2D eigenvalue weighted by atomic mass is 32.1. The van der Waals surface area contributed by atoms with Crippen LogP contribution < -0.4 is 5.32 Å². The predicted octanol–water partition coefficient (Wildman–Crippen LogP) is 2.14. The number of ether oxygens (including phenoxy) is 1. The summed E-state index contributed by atoms with van der Waals surface area (Å²) >= 11 is 1.20. The van der Waals surface area contributed by atoms with Crippen LogP contribution in [-0.4, -0.2) is 30.1 Å². The minimum Gasteiger partial charge on any atom is -0.481 e. The topological polar surface area (TPSA) is 92.7 Å². The number of nitrogens with one attached hydrogen (secondary N) is 1. The molecular weight excluding hydrogens is 294 g/mol. The number of hydrogen-bond acceptors (Lipinski definition) is 5. The maximum Gasteiger partial charge on any atom is 0.340 e. The van der Waals surface area contributed by atoms with Gasteiger partial charge in [-0.15, -0.1) is 11.3 Å². The van der Waals surface area contributed by atoms with Gasteiger partial charge in [-0.25, -0.2) is 4.79 Å². The van der Waals surface area contributed by atoms with E-state index in [9.17, 15) is 19.5 Å². The molecule has 1 aromatic rings. The summed E-state index contributed by atoms with van der Waals surface area (Å²) < 4.78 is 4.63. The molecule has 0 aromatic carbocycles. The average molecular weight is 309 g/mol. The second-order valence-corrected chi connectivity index (χ2v) is 5.55. The molecule has 0 bridgehead atoms. The van der Waals surface area contributed by atoms with Gasteiger partial charge in [-0.1, -0.05) is 12.2 Å². The van der Waals surface area contributed by atoms with Gasteiger partial charge in [0.15, 0.2) is 0 Å². The second kappa shape index (κ2) is 6.53. The summed E-state index contributed by atoms with van der Waals surface area (Å²) in [6.07, 6.45) is 4.29. The molecule has 0 unspecified atom stereocenters. The molecule has 21 heavy (non-hydrogen) atoms. The summed E-state index contributed by atoms with van der Waals surface area (Å²) in [6.45, 7) is 0. The molecule has 2 atom stereocenters. The van der Waals surface area contributed by atoms with Crippen LogP contribution in [0.15, 0.2) is 23.6 Å². The number of carboxylic acids is 1. The molecule has 0 saturated heterocycles. The highest BCUT2D eigenvalue weighted by molar-refractivity contribution is 7.14. The van der Waals surface area contributed by atoms with Gasteiger partial charge in [0.2, 0.25) is 5.91 Å². The Morgan fingerprint density at radius 3 is 2.57 bits per heavy atom. The molecule has 2 rings (SSSR count). The summed E-state index contributed by atoms with van der Waals surface area (Å²) in [5.74, 6) is -3.29. The summed E-state index contributed by atoms with van der Waals surface area (Å²) in [4.78, 5) is 35.1. The minimum absolute atomic E-state index is 0.272. The van der Waals surface area contributed by atoms with E-state index >= 15 is 0 Å². The number of allylic oxidation sites excluding steroid dienone is 2. The fourth-order valence-electron chi connectivity index (χ4n) is 2.26. The van der Waals surface area contributed by atoms with E-state index < -0.39 is 23.8 Å². The van der Waals surface area contributed by atoms with Gasteiger partial charge >= 0.3 is 11.9 Å². The number of carbonyl (C=O) groups excluding carboxylic acids is 2. The molecule has 112 valence electrons. The number of aliphatic carboxylic acids is 1. The highest BCUT2D eigenvalue weighted by Gasteiger charge is 2.34. The summed E-state index contributed by atoms with van der Waals surface area (Å²) in [7, 11) is 1.26. The van der Waals surface area contributed by atoms with Crippen molar-refractivity contribution in [2.75, 3.05) is 12.4 Å². The van der Waals surface area contributed by atoms with Crippen molar-refractivity contribution in [1.29, 1.82) is 0 Å². The molecule has 1 aliphatic rings. The summed E-state index contributed by atoms with van der Waals surface area (Å²) in [5.41, 5.74) is 0.272. The Balaban J connectivity index is 2.14. The number of thiophene rings is 1. The van der Waals surface area contributed by atoms with Gasteiger partial charge in [-0.05, 0) is 24.3 Å². The first-order chi connectivity index (χ1) is 10.0. The highest BCUT2D eigenvalue weighted by Crippen LogP contribution is 2.29. The SMILES string of the molecule is COC(=O)c1ccsc1NC(=O)[C@H]1CC=CC[C@H]1C(=O)O. The van der Waals surface area contributed by atoms with Crippen molar-refractivity contribution < 1.29 is 24.2 Å². The number of esters is 1. The molecule has 6 nitrogen and oxygen atoms in total. The molecule has 0 aliphatic heterocycles. The first kappa shape index (κ1) is 15.2. The van der Waals surface area contributed by atoms with Gasteiger partial charge in [-0.3, -0.25) is 9.59 Å². The standard InChI is InChI=1S/C14H15NO5S/c1-20-14(19)10-6-7-21-12(10)15-11(16)8-4-2-3-5-9(8)13(17)18/h2-3,6-9H,4-5H2,1H3,(H,15,16)(H,17,18)/t8-,9+/m0/s1. The lowest BCUT2D eigenvalue weighted by molar-refractivity contribution is -0.146. The van der Waals surface area contributed by atoms with Crippen LogP contribution in [0.3, 0.4) is 0 Å². The molecule has 0 radical (unpaired) electrons. The lowest BCUT2D eigenvalue weighted by Gasteiger charge is -2.24. The van der Waals surface area contributed by atoms with Crippen LogP contribution >= 0.6 is 11.3 Å². The van der Waals surface area contributed by atoms with Crippen LogP contribution in [0.5, 0.6) is 0 Å². The molecule has 1 aliphatic carbocycles. The van der Waals surface area contributed by atoms with Crippen molar-refractivity contribution in [2.45, 2.75) is 12.8 Å². The number of carbonyl (C=O) groups is 3. The third-order valence-corrected chi connectivity index (χ3v) is 4.22. The normalized spacial score (nSPS) is 20.8. The fraction of sp³-hybridized carbons (Fsp3) is 0.357. The van der Waals surface area contributed by atoms with E-state index in [2.05, 4.69) is 10.1 Å². The zero-order valence-electron chi connectivity index (χ0n) is 11.4. The van der Waals surface area contributed by atoms with Gasteiger partial charge in [0.1, 0.15) is 5.00 Å². The van der Waals surface area contributed by atoms with E-state index in [0.29, 0.717) is 17.8 Å². The number of rotatable bonds is 4. The zero-order valence-corrected chi connectivity index (χ0v) is 12.2. The second-order valence-electron chi connectivity index (χ2n) is 4.64. The Morgan fingerprint density at radius 1 is 1.29 bits per heavy atom. The van der Waals surface area contributed by atoms with Crippen LogP contribution in [0.2, 0.25) is 0 Å². The van der Waals surface area contributed by atoms with Crippen LogP contribution in [0.25, 0.3) is 0 Å². The van der Waals surface area contributed by atoms with Gasteiger partial charge < -0.3 is 15.2 Å². The van der Waals surface area contributed by atoms with E-state index in [1.54, 1.807) is 23.6 Å². The Hall–Kier alpha value is -2.15. The van der Waals surface area contributed by atoms with E-state index in [-0.39, 0.29) is 11.5 Å². The van der Waals surface area contributed by atoms with E-state index in [0.717, 1.165) is 0 Å². The van der Waals surface area contributed by atoms with Crippen molar-refractivity contribution in [1.82, 2.24) is 0 Å². The molecular formula is C14H15NO5S. The predicted molar refractivity (Wildman–Crippen MR) is 77.3 cm³/mol. The number of methoxy groups -OCH3 is 1. The van der Waals surface area contributed by atoms with E-state index in [4.69, 9.17) is 0 Å². The Labute approximate surface area is 125 Å². The molecule has 1 heterocycles. The van der Waals surface area contributed by atoms with Crippen molar-refractivity contribution in [3.05, 3.63) is 29.2 Å². The monoisotopic (exact) mass is 309 g/mol. The average Bonchev–Trinajstić information content (AvgIpc) is 2.94. The maximum absolute atomic E-state index is 12.3. The first-order valence-electron chi connectivity index (χ1n) is 6.39. The Kier molecular flexibility index (Phi) is 4.74. The van der Waals surface area contributed by atoms with Crippen LogP contribution in [0, 0.1) is 11.8 Å². The Bertz CT molecular complexity index is 592. The maximum atomic E-state index is 12.3. The van der Waals surface area contributed by atoms with Crippen molar-refractivity contribution in [2.24, 2.45) is 11.8 Å². The van der Waals surface area contributed by atoms with Crippen LogP contribution in [0.1, 0.15) is 23.2 Å². The molecule has 1 amide bonds. The molecule has 7 heteroatoms. The van der Waals surface area contributed by atoms with Crippen molar-refractivity contribution in [3.63, 3.8) is 0 Å². The van der Waals surface area contributed by atoms with E-state index in [1.807, 2.05) is 0 Å². The van der Waals surface area contributed by atoms with Gasteiger partial charge in [0.05, 0.1) is 24.5 Å². The molecule has 0 saturated carbocycles. The number of carboxylic acid groups (broad SMARTS) is 1. The number of hydrogen-bond donors (Lipinski definition) is 2. The molecule has 1 aromatic heterocycles. The largest absolute Gasteiger partial charge is 0.481 e. The molecule has 2 N–H and O–H groups in total. The van der Waals surface area contributed by atoms with E-state index in [1.165, 1.54) is 18.4 Å². The third-order valence-electron chi connectivity index (χ3n) is 3.39. The lowest BCUT2D eigenvalue weighted by Crippen LogP contribution is -2.34. The first-order valence-corrected chi connectivity index (χ1v) is 7.27. The summed E-state index contributed by atoms with van der Waals surface area (Å²) in [5, 5.41) is 13.9. The number of amides is 1. The van der Waals surface area contributed by atoms with Crippen molar-refractivity contribution >= 4 is 34.2 Å². The Morgan fingerprint density at radius 2 is 1.95 bits per heavy atom. The van der Waals surface area contributed by atoms with Gasteiger partial charge in [0.25, 0.3) is 0 Å². The summed E-state index contributed by atoms with van der Waals surface area (Å²) in [6, 6.07) is 1.56. The number of anilines is 1. The van der Waals surface area contributed by atoms with Gasteiger partial charge in [0, 0.05) is 0 Å². The van der Waals surface area contributed by atoms with Gasteiger partial charge in [-0.2, -0.15) is 0 Å². The molecule has 0 spiro atoms. The smallest absolute Gasteiger partial charge is 0.340 e. The lowest BCUT2D eigenvalue weighted by atomic mass is 9.82.